The quantitative estimate of drug-likeness (QED) is 0.791. The zero-order chi connectivity index (χ0) is 15.1. The van der Waals surface area contributed by atoms with Crippen molar-refractivity contribution in [2.45, 2.75) is 70.4 Å². The Hall–Kier alpha value is -1.35. The van der Waals surface area contributed by atoms with Crippen molar-refractivity contribution in [3.63, 3.8) is 0 Å². The summed E-state index contributed by atoms with van der Waals surface area (Å²) in [5.74, 6) is 0.167. The third kappa shape index (κ3) is 5.88. The summed E-state index contributed by atoms with van der Waals surface area (Å²) in [4.78, 5) is 11.9. The van der Waals surface area contributed by atoms with Gasteiger partial charge in [0, 0.05) is 12.5 Å². The van der Waals surface area contributed by atoms with Gasteiger partial charge in [0.05, 0.1) is 6.10 Å². The van der Waals surface area contributed by atoms with Crippen LogP contribution in [0.1, 0.15) is 56.1 Å². The first-order chi connectivity index (χ1) is 10.1. The molecule has 0 aliphatic heterocycles. The number of unbranched alkanes of at least 4 members (excludes halogenated alkanes) is 1. The second-order valence-electron chi connectivity index (χ2n) is 6.27. The molecule has 21 heavy (non-hydrogen) atoms. The molecule has 2 rings (SSSR count). The molecule has 0 spiro atoms. The summed E-state index contributed by atoms with van der Waals surface area (Å²) in [6, 6.07) is 8.89. The third-order valence-corrected chi connectivity index (χ3v) is 4.30. The number of benzene rings is 1. The van der Waals surface area contributed by atoms with Crippen LogP contribution in [0.3, 0.4) is 0 Å². The number of aryl methyl sites for hydroxylation is 2. The molecule has 0 heterocycles. The first-order valence-corrected chi connectivity index (χ1v) is 8.16. The van der Waals surface area contributed by atoms with Gasteiger partial charge in [-0.05, 0) is 57.4 Å². The van der Waals surface area contributed by atoms with Crippen LogP contribution < -0.4 is 5.32 Å². The van der Waals surface area contributed by atoms with Crippen molar-refractivity contribution >= 4 is 5.91 Å². The van der Waals surface area contributed by atoms with Crippen LogP contribution in [0.5, 0.6) is 0 Å². The topological polar surface area (TPSA) is 49.3 Å². The molecule has 1 aliphatic carbocycles. The Morgan fingerprint density at radius 2 is 1.81 bits per heavy atom. The molecule has 1 saturated carbocycles. The Morgan fingerprint density at radius 1 is 1.14 bits per heavy atom. The van der Waals surface area contributed by atoms with Crippen LogP contribution in [0, 0.1) is 6.92 Å². The largest absolute Gasteiger partial charge is 0.393 e. The van der Waals surface area contributed by atoms with E-state index in [1.165, 1.54) is 11.1 Å². The Labute approximate surface area is 127 Å². The number of carbonyl (C=O) groups is 1. The average molecular weight is 289 g/mol. The van der Waals surface area contributed by atoms with E-state index >= 15 is 0 Å². The number of aliphatic hydroxyl groups is 1. The summed E-state index contributed by atoms with van der Waals surface area (Å²) in [7, 11) is 0. The fourth-order valence-electron chi connectivity index (χ4n) is 2.89. The van der Waals surface area contributed by atoms with Gasteiger partial charge < -0.3 is 10.4 Å². The van der Waals surface area contributed by atoms with E-state index in [0.717, 1.165) is 44.9 Å². The molecule has 1 aromatic rings. The smallest absolute Gasteiger partial charge is 0.220 e. The zero-order valence-electron chi connectivity index (χ0n) is 13.0. The fraction of sp³-hybridized carbons (Fsp3) is 0.611. The average Bonchev–Trinajstić information content (AvgIpc) is 2.48. The molecule has 3 heteroatoms. The second-order valence-corrected chi connectivity index (χ2v) is 6.27. The highest BCUT2D eigenvalue weighted by molar-refractivity contribution is 5.76. The minimum Gasteiger partial charge on any atom is -0.393 e. The molecule has 3 nitrogen and oxygen atoms in total. The van der Waals surface area contributed by atoms with Gasteiger partial charge in [-0.2, -0.15) is 0 Å². The molecule has 1 amide bonds. The second kappa shape index (κ2) is 8.18. The number of aliphatic hydroxyl groups excluding tert-OH is 1. The van der Waals surface area contributed by atoms with E-state index in [0.29, 0.717) is 6.42 Å². The van der Waals surface area contributed by atoms with Gasteiger partial charge in [0.15, 0.2) is 0 Å². The summed E-state index contributed by atoms with van der Waals surface area (Å²) in [6.07, 6.45) is 6.96. The number of carbonyl (C=O) groups excluding carboxylic acids is 1. The lowest BCUT2D eigenvalue weighted by molar-refractivity contribution is -0.122. The predicted molar refractivity (Wildman–Crippen MR) is 85.1 cm³/mol. The van der Waals surface area contributed by atoms with Crippen molar-refractivity contribution in [1.82, 2.24) is 5.32 Å². The Kier molecular flexibility index (Phi) is 6.24. The van der Waals surface area contributed by atoms with Crippen molar-refractivity contribution < 1.29 is 9.90 Å². The Bertz CT molecular complexity index is 433. The van der Waals surface area contributed by atoms with E-state index in [1.807, 2.05) is 0 Å². The maximum absolute atomic E-state index is 11.9. The van der Waals surface area contributed by atoms with Gasteiger partial charge in [0.1, 0.15) is 0 Å². The van der Waals surface area contributed by atoms with Crippen LogP contribution in [0.15, 0.2) is 24.3 Å². The van der Waals surface area contributed by atoms with Crippen LogP contribution >= 0.6 is 0 Å². The van der Waals surface area contributed by atoms with Crippen LogP contribution in [-0.4, -0.2) is 23.2 Å². The van der Waals surface area contributed by atoms with Crippen molar-refractivity contribution in [3.8, 4) is 0 Å². The highest BCUT2D eigenvalue weighted by atomic mass is 16.3. The van der Waals surface area contributed by atoms with E-state index in [2.05, 4.69) is 36.5 Å². The van der Waals surface area contributed by atoms with Gasteiger partial charge >= 0.3 is 0 Å². The third-order valence-electron chi connectivity index (χ3n) is 4.30. The molecule has 2 N–H and O–H groups in total. The van der Waals surface area contributed by atoms with Crippen LogP contribution in [0.25, 0.3) is 0 Å². The molecule has 0 atom stereocenters. The highest BCUT2D eigenvalue weighted by Crippen LogP contribution is 2.18. The lowest BCUT2D eigenvalue weighted by Crippen LogP contribution is -2.38. The molecular formula is C18H27NO2. The standard InChI is InChI=1S/C18H27NO2/c1-14-6-8-15(9-7-14)4-2-3-5-18(21)19-16-10-12-17(20)13-11-16/h6-9,16-17,20H,2-5,10-13H2,1H3,(H,19,21). The van der Waals surface area contributed by atoms with Crippen LogP contribution in [0.2, 0.25) is 0 Å². The van der Waals surface area contributed by atoms with Gasteiger partial charge in [0.2, 0.25) is 5.91 Å². The zero-order valence-corrected chi connectivity index (χ0v) is 13.0. The lowest BCUT2D eigenvalue weighted by Gasteiger charge is -2.26. The van der Waals surface area contributed by atoms with Crippen molar-refractivity contribution in [2.75, 3.05) is 0 Å². The summed E-state index contributed by atoms with van der Waals surface area (Å²) >= 11 is 0. The van der Waals surface area contributed by atoms with Gasteiger partial charge in [-0.25, -0.2) is 0 Å². The van der Waals surface area contributed by atoms with Crippen molar-refractivity contribution in [2.24, 2.45) is 0 Å². The number of nitrogens with one attached hydrogen (secondary N) is 1. The molecule has 1 aromatic carbocycles. The summed E-state index contributed by atoms with van der Waals surface area (Å²) in [5.41, 5.74) is 2.64. The molecular weight excluding hydrogens is 262 g/mol. The molecule has 0 radical (unpaired) electrons. The Balaban J connectivity index is 1.58. The fourth-order valence-corrected chi connectivity index (χ4v) is 2.89. The Morgan fingerprint density at radius 3 is 2.48 bits per heavy atom. The van der Waals surface area contributed by atoms with Gasteiger partial charge in [0.25, 0.3) is 0 Å². The molecule has 0 saturated heterocycles. The number of amides is 1. The van der Waals surface area contributed by atoms with E-state index in [1.54, 1.807) is 0 Å². The first-order valence-electron chi connectivity index (χ1n) is 8.16. The van der Waals surface area contributed by atoms with E-state index in [4.69, 9.17) is 0 Å². The van der Waals surface area contributed by atoms with Gasteiger partial charge in [-0.1, -0.05) is 29.8 Å². The minimum absolute atomic E-state index is 0.160. The summed E-state index contributed by atoms with van der Waals surface area (Å²) in [5, 5.41) is 12.5. The summed E-state index contributed by atoms with van der Waals surface area (Å²) < 4.78 is 0. The summed E-state index contributed by atoms with van der Waals surface area (Å²) in [6.45, 7) is 2.10. The maximum atomic E-state index is 11.9. The normalized spacial score (nSPS) is 22.0. The van der Waals surface area contributed by atoms with E-state index < -0.39 is 0 Å². The number of hydrogen-bond acceptors (Lipinski definition) is 2. The molecule has 0 bridgehead atoms. The van der Waals surface area contributed by atoms with Gasteiger partial charge in [-0.3, -0.25) is 4.79 Å². The maximum Gasteiger partial charge on any atom is 0.220 e. The minimum atomic E-state index is -0.160. The van der Waals surface area contributed by atoms with Crippen LogP contribution in [0.4, 0.5) is 0 Å². The molecule has 116 valence electrons. The molecule has 0 unspecified atom stereocenters. The lowest BCUT2D eigenvalue weighted by atomic mass is 9.93. The number of hydrogen-bond donors (Lipinski definition) is 2. The SMILES string of the molecule is Cc1ccc(CCCCC(=O)NC2CCC(O)CC2)cc1. The van der Waals surface area contributed by atoms with Crippen LogP contribution in [-0.2, 0) is 11.2 Å². The van der Waals surface area contributed by atoms with Gasteiger partial charge in [-0.15, -0.1) is 0 Å². The first kappa shape index (κ1) is 16.0. The monoisotopic (exact) mass is 289 g/mol. The number of rotatable bonds is 6. The molecule has 1 aliphatic rings. The van der Waals surface area contributed by atoms with Crippen molar-refractivity contribution in [3.05, 3.63) is 35.4 Å². The van der Waals surface area contributed by atoms with E-state index in [-0.39, 0.29) is 18.1 Å². The highest BCUT2D eigenvalue weighted by Gasteiger charge is 2.20. The predicted octanol–water partition coefficient (Wildman–Crippen LogP) is 3.13. The van der Waals surface area contributed by atoms with E-state index in [9.17, 15) is 9.90 Å². The molecule has 0 aromatic heterocycles. The van der Waals surface area contributed by atoms with Crippen molar-refractivity contribution in [1.29, 1.82) is 0 Å². The molecule has 1 fully saturated rings.